The van der Waals surface area contributed by atoms with Gasteiger partial charge >= 0.3 is 5.97 Å². The molecule has 1 saturated carbocycles. The van der Waals surface area contributed by atoms with Crippen molar-refractivity contribution in [3.8, 4) is 0 Å². The number of carbonyl (C=O) groups is 1. The van der Waals surface area contributed by atoms with Crippen molar-refractivity contribution in [3.63, 3.8) is 0 Å². The Balaban J connectivity index is 1.88. The highest BCUT2D eigenvalue weighted by Gasteiger charge is 2.34. The van der Waals surface area contributed by atoms with Crippen molar-refractivity contribution in [1.82, 2.24) is 10.5 Å². The van der Waals surface area contributed by atoms with E-state index in [0.29, 0.717) is 26.0 Å². The predicted molar refractivity (Wildman–Crippen MR) is 96.0 cm³/mol. The van der Waals surface area contributed by atoms with Crippen LogP contribution in [0.25, 0.3) is 0 Å². The number of hydroxylamine groups is 2. The van der Waals surface area contributed by atoms with E-state index in [1.165, 1.54) is 0 Å². The van der Waals surface area contributed by atoms with E-state index < -0.39 is 12.1 Å². The fourth-order valence-corrected chi connectivity index (χ4v) is 4.47. The quantitative estimate of drug-likeness (QED) is 0.264. The van der Waals surface area contributed by atoms with Gasteiger partial charge in [0.05, 0.1) is 19.1 Å². The van der Waals surface area contributed by atoms with Crippen LogP contribution in [0.1, 0.15) is 51.9 Å². The Labute approximate surface area is 158 Å². The second-order valence-corrected chi connectivity index (χ2v) is 7.89. The van der Waals surface area contributed by atoms with Crippen molar-refractivity contribution < 1.29 is 23.9 Å². The number of ether oxygens (including phenoxy) is 1. The smallest absolute Gasteiger partial charge is 0.307 e. The van der Waals surface area contributed by atoms with Gasteiger partial charge in [0.2, 0.25) is 6.04 Å². The average molecular weight is 391 g/mol. The molecule has 0 amide bonds. The molecule has 10 heteroatoms. The zero-order valence-corrected chi connectivity index (χ0v) is 16.0. The number of esters is 1. The number of nitro groups is 1. The molecular weight excluding hydrogens is 362 g/mol. The van der Waals surface area contributed by atoms with E-state index in [-0.39, 0.29) is 28.5 Å². The lowest BCUT2D eigenvalue weighted by Crippen LogP contribution is -2.46. The Hall–Kier alpha value is -0.940. The molecule has 2 fully saturated rings. The maximum absolute atomic E-state index is 11.9. The molecular formula is C16H29N3O6S. The Kier molecular flexibility index (Phi) is 9.06. The number of hydrogen-bond donors (Lipinski definition) is 2. The fraction of sp³-hybridized carbons (Fsp3) is 0.938. The Morgan fingerprint density at radius 2 is 2.23 bits per heavy atom. The third-order valence-corrected chi connectivity index (χ3v) is 5.94. The van der Waals surface area contributed by atoms with Gasteiger partial charge < -0.3 is 10.1 Å². The molecule has 0 spiro atoms. The maximum atomic E-state index is 11.9. The summed E-state index contributed by atoms with van der Waals surface area (Å²) in [7, 11) is 0. The van der Waals surface area contributed by atoms with Gasteiger partial charge in [0.1, 0.15) is 0 Å². The maximum Gasteiger partial charge on any atom is 0.307 e. The number of nitrogens with zero attached hydrogens (tertiary/aromatic N) is 2. The van der Waals surface area contributed by atoms with Crippen LogP contribution in [0.5, 0.6) is 0 Å². The van der Waals surface area contributed by atoms with Crippen LogP contribution in [-0.2, 0) is 13.8 Å². The predicted octanol–water partition coefficient (Wildman–Crippen LogP) is 2.17. The highest BCUT2D eigenvalue weighted by atomic mass is 32.2. The first kappa shape index (κ1) is 21.4. The van der Waals surface area contributed by atoms with Gasteiger partial charge in [0.25, 0.3) is 0 Å². The molecule has 0 radical (unpaired) electrons. The molecule has 2 rings (SSSR count). The van der Waals surface area contributed by atoms with Gasteiger partial charge in [0, 0.05) is 35.1 Å². The molecule has 0 aromatic rings. The van der Waals surface area contributed by atoms with Crippen LogP contribution in [0.4, 0.5) is 0 Å². The number of hydrogen-bond acceptors (Lipinski definition) is 9. The van der Waals surface area contributed by atoms with Gasteiger partial charge in [-0.1, -0.05) is 5.23 Å². The van der Waals surface area contributed by atoms with Gasteiger partial charge in [-0.25, -0.2) is 4.28 Å². The van der Waals surface area contributed by atoms with Crippen LogP contribution in [0.3, 0.4) is 0 Å². The Morgan fingerprint density at radius 1 is 1.42 bits per heavy atom. The van der Waals surface area contributed by atoms with Crippen LogP contribution in [0.2, 0.25) is 0 Å². The van der Waals surface area contributed by atoms with Gasteiger partial charge in [-0.2, -0.15) is 0 Å². The first-order valence-corrected chi connectivity index (χ1v) is 10.1. The summed E-state index contributed by atoms with van der Waals surface area (Å²) in [6.07, 6.45) is 4.50. The molecule has 0 aromatic carbocycles. The standard InChI is InChI=1S/C16H29N3O6S/c1-2-24-16(20)10-15(12-5-4-8-17-11-12)19(23)25-26-14-7-3-6-13(9-14)18(21)22/h12-15,17,23H,2-11H2,1H3. The highest BCUT2D eigenvalue weighted by Crippen LogP contribution is 2.32. The molecule has 4 atom stereocenters. The molecule has 0 aromatic heterocycles. The van der Waals surface area contributed by atoms with Gasteiger partial charge in [-0.05, 0) is 51.6 Å². The molecule has 150 valence electrons. The van der Waals surface area contributed by atoms with Crippen LogP contribution in [0, 0.1) is 16.0 Å². The fourth-order valence-electron chi connectivity index (χ4n) is 3.58. The SMILES string of the molecule is CCOC(=O)CC(C1CCCNC1)N(O)OSC1CCCC([N+](=O)[O-])C1. The molecule has 1 saturated heterocycles. The van der Waals surface area contributed by atoms with Gasteiger partial charge in [-0.3, -0.25) is 20.1 Å². The number of piperidine rings is 1. The van der Waals surface area contributed by atoms with Crippen molar-refractivity contribution in [2.75, 3.05) is 19.7 Å². The van der Waals surface area contributed by atoms with E-state index in [1.54, 1.807) is 6.92 Å². The molecule has 1 heterocycles. The van der Waals surface area contributed by atoms with Crippen LogP contribution in [0.15, 0.2) is 0 Å². The van der Waals surface area contributed by atoms with Crippen molar-refractivity contribution >= 4 is 18.0 Å². The highest BCUT2D eigenvalue weighted by molar-refractivity contribution is 7.95. The minimum atomic E-state index is -0.546. The van der Waals surface area contributed by atoms with Crippen LogP contribution >= 0.6 is 12.0 Å². The zero-order chi connectivity index (χ0) is 18.9. The molecule has 2 aliphatic rings. The first-order chi connectivity index (χ1) is 12.5. The summed E-state index contributed by atoms with van der Waals surface area (Å²) in [4.78, 5) is 22.6. The van der Waals surface area contributed by atoms with Crippen molar-refractivity contribution in [2.45, 2.75) is 69.2 Å². The number of rotatable bonds is 9. The topological polar surface area (TPSA) is 114 Å². The van der Waals surface area contributed by atoms with Gasteiger partial charge in [-0.15, -0.1) is 0 Å². The minimum Gasteiger partial charge on any atom is -0.466 e. The van der Waals surface area contributed by atoms with E-state index >= 15 is 0 Å². The van der Waals surface area contributed by atoms with Crippen LogP contribution in [-0.4, -0.2) is 58.4 Å². The lowest BCUT2D eigenvalue weighted by molar-refractivity contribution is -0.526. The third-order valence-electron chi connectivity index (χ3n) is 5.00. The summed E-state index contributed by atoms with van der Waals surface area (Å²) in [5.74, 6) is -0.307. The summed E-state index contributed by atoms with van der Waals surface area (Å²) in [6, 6.07) is -1.06. The lowest BCUT2D eigenvalue weighted by Gasteiger charge is -2.34. The minimum absolute atomic E-state index is 0.0403. The summed E-state index contributed by atoms with van der Waals surface area (Å²) in [5.41, 5.74) is 0. The molecule has 1 aliphatic heterocycles. The molecule has 26 heavy (non-hydrogen) atoms. The summed E-state index contributed by atoms with van der Waals surface area (Å²) in [5, 5.41) is 25.4. The first-order valence-electron chi connectivity index (χ1n) is 9.32. The molecule has 9 nitrogen and oxygen atoms in total. The van der Waals surface area contributed by atoms with E-state index in [1.807, 2.05) is 0 Å². The largest absolute Gasteiger partial charge is 0.466 e. The van der Waals surface area contributed by atoms with E-state index in [9.17, 15) is 20.1 Å². The van der Waals surface area contributed by atoms with Crippen molar-refractivity contribution in [1.29, 1.82) is 0 Å². The zero-order valence-electron chi connectivity index (χ0n) is 15.2. The second-order valence-electron chi connectivity index (χ2n) is 6.88. The van der Waals surface area contributed by atoms with E-state index in [4.69, 9.17) is 9.02 Å². The molecule has 0 bridgehead atoms. The lowest BCUT2D eigenvalue weighted by atomic mass is 9.90. The van der Waals surface area contributed by atoms with Crippen molar-refractivity contribution in [3.05, 3.63) is 10.1 Å². The second kappa shape index (κ2) is 11.0. The summed E-state index contributed by atoms with van der Waals surface area (Å²) >= 11 is 1.06. The number of nitrogens with one attached hydrogen (secondary N) is 1. The monoisotopic (exact) mass is 391 g/mol. The van der Waals surface area contributed by atoms with Crippen LogP contribution < -0.4 is 5.32 Å². The van der Waals surface area contributed by atoms with E-state index in [0.717, 1.165) is 49.5 Å². The molecule has 4 unspecified atom stereocenters. The summed E-state index contributed by atoms with van der Waals surface area (Å²) in [6.45, 7) is 3.66. The third kappa shape index (κ3) is 6.66. The normalized spacial score (nSPS) is 27.9. The number of carbonyl (C=O) groups excluding carboxylic acids is 1. The van der Waals surface area contributed by atoms with E-state index in [2.05, 4.69) is 5.32 Å². The molecule has 2 N–H and O–H groups in total. The average Bonchev–Trinajstić information content (AvgIpc) is 2.65. The molecule has 1 aliphatic carbocycles. The summed E-state index contributed by atoms with van der Waals surface area (Å²) < 4.78 is 10.5. The van der Waals surface area contributed by atoms with Gasteiger partial charge in [0.15, 0.2) is 0 Å². The Bertz CT molecular complexity index is 463. The Morgan fingerprint density at radius 3 is 2.88 bits per heavy atom. The van der Waals surface area contributed by atoms with Crippen molar-refractivity contribution in [2.24, 2.45) is 5.92 Å².